The molecule has 0 aromatic heterocycles. The van der Waals surface area contributed by atoms with Crippen molar-refractivity contribution >= 4 is 17.5 Å². The summed E-state index contributed by atoms with van der Waals surface area (Å²) in [5.41, 5.74) is 5.07. The third-order valence-electron chi connectivity index (χ3n) is 6.03. The number of quaternary nitrogens is 2. The van der Waals surface area contributed by atoms with E-state index >= 15 is 0 Å². The molecule has 0 spiro atoms. The molecule has 1 saturated heterocycles. The lowest BCUT2D eigenvalue weighted by Gasteiger charge is -2.33. The summed E-state index contributed by atoms with van der Waals surface area (Å²) in [6.45, 7) is 10.7. The fourth-order valence-electron chi connectivity index (χ4n) is 3.97. The third-order valence-corrected chi connectivity index (χ3v) is 6.03. The number of hydrogen-bond acceptors (Lipinski definition) is 2. The first-order valence-corrected chi connectivity index (χ1v) is 10.7. The van der Waals surface area contributed by atoms with Crippen LogP contribution in [0.15, 0.2) is 42.5 Å². The van der Waals surface area contributed by atoms with E-state index in [1.807, 2.05) is 32.0 Å². The van der Waals surface area contributed by atoms with Gasteiger partial charge in [0, 0.05) is 11.3 Å². The molecule has 2 aromatic rings. The Morgan fingerprint density at radius 1 is 0.900 bits per heavy atom. The van der Waals surface area contributed by atoms with E-state index in [1.54, 1.807) is 4.90 Å². The van der Waals surface area contributed by atoms with Gasteiger partial charge in [-0.1, -0.05) is 42.0 Å². The molecule has 0 radical (unpaired) electrons. The van der Waals surface area contributed by atoms with Gasteiger partial charge in [0.25, 0.3) is 0 Å². The van der Waals surface area contributed by atoms with Crippen molar-refractivity contribution in [3.8, 4) is 0 Å². The number of piperazine rings is 1. The van der Waals surface area contributed by atoms with Gasteiger partial charge in [0.2, 0.25) is 0 Å². The Labute approximate surface area is 179 Å². The number of carbonyl (C=O) groups excluding carboxylic acids is 2. The van der Waals surface area contributed by atoms with Gasteiger partial charge in [-0.05, 0) is 38.0 Å². The van der Waals surface area contributed by atoms with E-state index in [-0.39, 0.29) is 6.04 Å². The molecule has 3 rings (SSSR count). The average molecular weight is 411 g/mol. The Kier molecular flexibility index (Phi) is 7.24. The highest BCUT2D eigenvalue weighted by Crippen LogP contribution is 2.16. The van der Waals surface area contributed by atoms with Crippen LogP contribution in [0.1, 0.15) is 28.3 Å². The number of anilines is 1. The SMILES string of the molecule is Cc1ccc([C@@H](CNC(=O)C(=O)Nc2cc(C)ccc2C)[NH+]2CC[NH+](C)CC2)cc1. The summed E-state index contributed by atoms with van der Waals surface area (Å²) in [5, 5.41) is 5.63. The van der Waals surface area contributed by atoms with Crippen molar-refractivity contribution in [1.82, 2.24) is 5.32 Å². The zero-order valence-electron chi connectivity index (χ0n) is 18.5. The van der Waals surface area contributed by atoms with Gasteiger partial charge < -0.3 is 20.4 Å². The number of nitrogens with one attached hydrogen (secondary N) is 4. The molecule has 4 N–H and O–H groups in total. The Morgan fingerprint density at radius 2 is 1.53 bits per heavy atom. The molecular weight excluding hydrogens is 376 g/mol. The second kappa shape index (κ2) is 9.87. The first-order chi connectivity index (χ1) is 14.3. The summed E-state index contributed by atoms with van der Waals surface area (Å²) in [6, 6.07) is 14.4. The Morgan fingerprint density at radius 3 is 2.20 bits per heavy atom. The molecule has 1 fully saturated rings. The number of likely N-dealkylation sites (N-methyl/N-ethyl adjacent to an activating group) is 1. The van der Waals surface area contributed by atoms with Gasteiger partial charge in [-0.25, -0.2) is 0 Å². The number of amides is 2. The van der Waals surface area contributed by atoms with E-state index in [4.69, 9.17) is 0 Å². The minimum absolute atomic E-state index is 0.135. The van der Waals surface area contributed by atoms with E-state index in [1.165, 1.54) is 16.0 Å². The molecule has 0 saturated carbocycles. The van der Waals surface area contributed by atoms with Crippen molar-refractivity contribution in [2.75, 3.05) is 45.1 Å². The first-order valence-electron chi connectivity index (χ1n) is 10.7. The fraction of sp³-hybridized carbons (Fsp3) is 0.417. The van der Waals surface area contributed by atoms with E-state index < -0.39 is 11.8 Å². The molecule has 160 valence electrons. The Hall–Kier alpha value is -2.70. The molecule has 1 heterocycles. The van der Waals surface area contributed by atoms with Crippen molar-refractivity contribution in [1.29, 1.82) is 0 Å². The predicted molar refractivity (Wildman–Crippen MR) is 119 cm³/mol. The number of hydrogen-bond donors (Lipinski definition) is 4. The standard InChI is InChI=1S/C24H32N4O2/c1-17-6-9-20(10-7-17)22(28-13-11-27(4)12-14-28)16-25-23(29)24(30)26-21-15-18(2)5-8-19(21)3/h5-10,15,22H,11-14,16H2,1-4H3,(H,25,29)(H,26,30)/p+2/t22-/m1/s1. The zero-order chi connectivity index (χ0) is 21.7. The molecule has 1 atom stereocenters. The molecule has 6 nitrogen and oxygen atoms in total. The van der Waals surface area contributed by atoms with Crippen LogP contribution in [0.4, 0.5) is 5.69 Å². The predicted octanol–water partition coefficient (Wildman–Crippen LogP) is -0.179. The molecule has 2 aromatic carbocycles. The van der Waals surface area contributed by atoms with Gasteiger partial charge >= 0.3 is 11.8 Å². The Bertz CT molecular complexity index is 887. The zero-order valence-corrected chi connectivity index (χ0v) is 18.5. The van der Waals surface area contributed by atoms with Gasteiger partial charge in [0.1, 0.15) is 32.2 Å². The number of carbonyl (C=O) groups is 2. The van der Waals surface area contributed by atoms with E-state index in [0.29, 0.717) is 12.2 Å². The van der Waals surface area contributed by atoms with Crippen LogP contribution in [0, 0.1) is 20.8 Å². The second-order valence-electron chi connectivity index (χ2n) is 8.56. The highest BCUT2D eigenvalue weighted by molar-refractivity contribution is 6.39. The summed E-state index contributed by atoms with van der Waals surface area (Å²) in [6.07, 6.45) is 0. The molecule has 6 heteroatoms. The quantitative estimate of drug-likeness (QED) is 0.517. The molecule has 2 amide bonds. The monoisotopic (exact) mass is 410 g/mol. The third kappa shape index (κ3) is 5.68. The topological polar surface area (TPSA) is 67.1 Å². The molecule has 0 unspecified atom stereocenters. The maximum atomic E-state index is 12.5. The van der Waals surface area contributed by atoms with Crippen LogP contribution in [0.2, 0.25) is 0 Å². The van der Waals surface area contributed by atoms with Crippen LogP contribution >= 0.6 is 0 Å². The van der Waals surface area contributed by atoms with Crippen molar-refractivity contribution in [2.45, 2.75) is 26.8 Å². The molecule has 0 aliphatic carbocycles. The van der Waals surface area contributed by atoms with Crippen molar-refractivity contribution < 1.29 is 19.4 Å². The number of benzene rings is 2. The maximum Gasteiger partial charge on any atom is 0.313 e. The Balaban J connectivity index is 1.66. The van der Waals surface area contributed by atoms with Crippen LogP contribution in [-0.4, -0.2) is 51.6 Å². The average Bonchev–Trinajstić information content (AvgIpc) is 2.73. The summed E-state index contributed by atoms with van der Waals surface area (Å²) in [5.74, 6) is -1.21. The molecule has 0 bridgehead atoms. The number of rotatable bonds is 5. The number of aryl methyl sites for hydroxylation is 3. The van der Waals surface area contributed by atoms with Gasteiger partial charge in [-0.3, -0.25) is 9.59 Å². The largest absolute Gasteiger partial charge is 0.341 e. The lowest BCUT2D eigenvalue weighted by atomic mass is 10.0. The summed E-state index contributed by atoms with van der Waals surface area (Å²) < 4.78 is 0. The summed E-state index contributed by atoms with van der Waals surface area (Å²) >= 11 is 0. The van der Waals surface area contributed by atoms with Crippen LogP contribution < -0.4 is 20.4 Å². The van der Waals surface area contributed by atoms with Gasteiger partial charge in [0.05, 0.1) is 13.6 Å². The van der Waals surface area contributed by atoms with Crippen LogP contribution in [-0.2, 0) is 9.59 Å². The highest BCUT2D eigenvalue weighted by Gasteiger charge is 2.30. The lowest BCUT2D eigenvalue weighted by molar-refractivity contribution is -1.02. The van der Waals surface area contributed by atoms with E-state index in [0.717, 1.165) is 37.3 Å². The molecule has 1 aliphatic rings. The van der Waals surface area contributed by atoms with Gasteiger partial charge in [0.15, 0.2) is 0 Å². The second-order valence-corrected chi connectivity index (χ2v) is 8.56. The molecule has 30 heavy (non-hydrogen) atoms. The summed E-state index contributed by atoms with van der Waals surface area (Å²) in [7, 11) is 2.22. The molecular formula is C24H34N4O2+2. The van der Waals surface area contributed by atoms with Gasteiger partial charge in [-0.15, -0.1) is 0 Å². The minimum Gasteiger partial charge on any atom is -0.341 e. The lowest BCUT2D eigenvalue weighted by Crippen LogP contribution is -3.27. The highest BCUT2D eigenvalue weighted by atomic mass is 16.2. The maximum absolute atomic E-state index is 12.5. The smallest absolute Gasteiger partial charge is 0.313 e. The van der Waals surface area contributed by atoms with Crippen molar-refractivity contribution in [2.24, 2.45) is 0 Å². The van der Waals surface area contributed by atoms with Crippen LogP contribution in [0.3, 0.4) is 0 Å². The molecule has 1 aliphatic heterocycles. The van der Waals surface area contributed by atoms with E-state index in [9.17, 15) is 9.59 Å². The van der Waals surface area contributed by atoms with E-state index in [2.05, 4.69) is 48.9 Å². The van der Waals surface area contributed by atoms with Crippen LogP contribution in [0.25, 0.3) is 0 Å². The minimum atomic E-state index is -0.621. The van der Waals surface area contributed by atoms with Crippen LogP contribution in [0.5, 0.6) is 0 Å². The van der Waals surface area contributed by atoms with Crippen molar-refractivity contribution in [3.63, 3.8) is 0 Å². The first kappa shape index (κ1) is 22.0. The normalized spacial score (nSPS) is 19.7. The summed E-state index contributed by atoms with van der Waals surface area (Å²) in [4.78, 5) is 28.0. The van der Waals surface area contributed by atoms with Gasteiger partial charge in [-0.2, -0.15) is 0 Å². The van der Waals surface area contributed by atoms with Crippen molar-refractivity contribution in [3.05, 3.63) is 64.7 Å². The fourth-order valence-corrected chi connectivity index (χ4v) is 3.97.